The number of halogens is 2. The van der Waals surface area contributed by atoms with Crippen LogP contribution in [0.15, 0.2) is 17.1 Å². The first-order valence-electron chi connectivity index (χ1n) is 7.38. The maximum atomic E-state index is 13.6. The molecule has 8 heteroatoms. The van der Waals surface area contributed by atoms with Crippen LogP contribution in [0.2, 0.25) is 0 Å². The van der Waals surface area contributed by atoms with Gasteiger partial charge in [-0.05, 0) is 24.1 Å². The van der Waals surface area contributed by atoms with E-state index in [9.17, 15) is 4.39 Å². The summed E-state index contributed by atoms with van der Waals surface area (Å²) < 4.78 is 29.6. The molecule has 0 saturated carbocycles. The quantitative estimate of drug-likeness (QED) is 0.441. The number of morpholine rings is 1. The Labute approximate surface area is 151 Å². The Hall–Kier alpha value is -1.13. The van der Waals surface area contributed by atoms with Gasteiger partial charge >= 0.3 is 0 Å². The molecule has 3 rings (SSSR count). The van der Waals surface area contributed by atoms with E-state index in [4.69, 9.17) is 19.9 Å². The number of hydrogen-bond donors (Lipinski definition) is 1. The number of nitrogens with two attached hydrogens (primary N) is 1. The van der Waals surface area contributed by atoms with Crippen molar-refractivity contribution < 1.29 is 18.6 Å². The van der Waals surface area contributed by atoms with E-state index < -0.39 is 0 Å². The molecular formula is C15H21FIN3O3. The molecule has 0 aliphatic carbocycles. The topological polar surface area (TPSA) is 69.3 Å². The highest BCUT2D eigenvalue weighted by Crippen LogP contribution is 2.29. The number of rotatable bonds is 3. The van der Waals surface area contributed by atoms with Gasteiger partial charge in [0.2, 0.25) is 0 Å². The van der Waals surface area contributed by atoms with Crippen molar-refractivity contribution in [2.45, 2.75) is 13.0 Å². The minimum atomic E-state index is -0.284. The summed E-state index contributed by atoms with van der Waals surface area (Å²) in [4.78, 5) is 6.37. The lowest BCUT2D eigenvalue weighted by Gasteiger charge is -2.27. The van der Waals surface area contributed by atoms with Crippen LogP contribution in [0, 0.1) is 5.82 Å². The predicted molar refractivity (Wildman–Crippen MR) is 94.7 cm³/mol. The summed E-state index contributed by atoms with van der Waals surface area (Å²) in [5, 5.41) is 0. The molecule has 1 aromatic rings. The SMILES string of the molecule is I.NC(=NCCc1cc(F)cc2c1OCOC2)N1CCOCC1. The number of aliphatic imine (C=N–C) groups is 1. The van der Waals surface area contributed by atoms with Crippen LogP contribution in [-0.4, -0.2) is 50.5 Å². The van der Waals surface area contributed by atoms with E-state index in [1.54, 1.807) is 0 Å². The second-order valence-electron chi connectivity index (χ2n) is 5.25. The maximum Gasteiger partial charge on any atom is 0.191 e. The summed E-state index contributed by atoms with van der Waals surface area (Å²) in [5.74, 6) is 0.943. The summed E-state index contributed by atoms with van der Waals surface area (Å²) >= 11 is 0. The Balaban J connectivity index is 0.00000192. The first-order chi connectivity index (χ1) is 10.7. The average Bonchev–Trinajstić information content (AvgIpc) is 2.55. The zero-order chi connectivity index (χ0) is 15.4. The van der Waals surface area contributed by atoms with Gasteiger partial charge in [0.1, 0.15) is 11.6 Å². The second kappa shape index (κ2) is 8.65. The Bertz CT molecular complexity index is 565. The normalized spacial score (nSPS) is 18.0. The molecule has 2 heterocycles. The van der Waals surface area contributed by atoms with E-state index in [2.05, 4.69) is 4.99 Å². The van der Waals surface area contributed by atoms with Crippen molar-refractivity contribution in [2.75, 3.05) is 39.6 Å². The van der Waals surface area contributed by atoms with Gasteiger partial charge in [0.25, 0.3) is 0 Å². The number of nitrogens with zero attached hydrogens (tertiary/aromatic N) is 2. The maximum absolute atomic E-state index is 13.6. The summed E-state index contributed by atoms with van der Waals surface area (Å²) in [7, 11) is 0. The largest absolute Gasteiger partial charge is 0.467 e. The molecule has 0 unspecified atom stereocenters. The van der Waals surface area contributed by atoms with Crippen molar-refractivity contribution in [2.24, 2.45) is 10.7 Å². The zero-order valence-electron chi connectivity index (χ0n) is 12.8. The number of ether oxygens (including phenoxy) is 3. The fourth-order valence-corrected chi connectivity index (χ4v) is 2.63. The fourth-order valence-electron chi connectivity index (χ4n) is 2.63. The first-order valence-corrected chi connectivity index (χ1v) is 7.38. The third-order valence-corrected chi connectivity index (χ3v) is 3.74. The summed E-state index contributed by atoms with van der Waals surface area (Å²) in [5.41, 5.74) is 7.52. The highest BCUT2D eigenvalue weighted by molar-refractivity contribution is 14.0. The van der Waals surface area contributed by atoms with Gasteiger partial charge in [0.05, 0.1) is 19.8 Å². The van der Waals surface area contributed by atoms with E-state index in [0.29, 0.717) is 44.5 Å². The second-order valence-corrected chi connectivity index (χ2v) is 5.25. The van der Waals surface area contributed by atoms with Crippen LogP contribution in [0.3, 0.4) is 0 Å². The molecule has 2 N–H and O–H groups in total. The van der Waals surface area contributed by atoms with E-state index in [-0.39, 0.29) is 36.6 Å². The van der Waals surface area contributed by atoms with E-state index >= 15 is 0 Å². The molecule has 1 fully saturated rings. The Morgan fingerprint density at radius 1 is 1.26 bits per heavy atom. The smallest absolute Gasteiger partial charge is 0.191 e. The molecule has 0 spiro atoms. The molecule has 0 aromatic heterocycles. The Morgan fingerprint density at radius 2 is 2.04 bits per heavy atom. The van der Waals surface area contributed by atoms with E-state index in [0.717, 1.165) is 24.2 Å². The van der Waals surface area contributed by atoms with Crippen LogP contribution in [0.5, 0.6) is 5.75 Å². The van der Waals surface area contributed by atoms with Crippen LogP contribution < -0.4 is 10.5 Å². The molecule has 128 valence electrons. The fraction of sp³-hybridized carbons (Fsp3) is 0.533. The van der Waals surface area contributed by atoms with Crippen LogP contribution >= 0.6 is 24.0 Å². The van der Waals surface area contributed by atoms with Crippen molar-refractivity contribution in [3.63, 3.8) is 0 Å². The van der Waals surface area contributed by atoms with Gasteiger partial charge in [-0.2, -0.15) is 0 Å². The molecule has 0 radical (unpaired) electrons. The number of benzene rings is 1. The molecule has 0 bridgehead atoms. The van der Waals surface area contributed by atoms with Gasteiger partial charge in [-0.25, -0.2) is 4.39 Å². The number of guanidine groups is 1. The summed E-state index contributed by atoms with van der Waals surface area (Å²) in [6, 6.07) is 2.94. The van der Waals surface area contributed by atoms with Crippen LogP contribution in [0.1, 0.15) is 11.1 Å². The van der Waals surface area contributed by atoms with Gasteiger partial charge in [-0.1, -0.05) is 0 Å². The van der Waals surface area contributed by atoms with Gasteiger partial charge in [-0.15, -0.1) is 24.0 Å². The van der Waals surface area contributed by atoms with E-state index in [1.807, 2.05) is 4.90 Å². The highest BCUT2D eigenvalue weighted by Gasteiger charge is 2.17. The molecule has 1 aromatic carbocycles. The van der Waals surface area contributed by atoms with Crippen molar-refractivity contribution in [1.29, 1.82) is 0 Å². The van der Waals surface area contributed by atoms with Gasteiger partial charge in [0.15, 0.2) is 12.8 Å². The van der Waals surface area contributed by atoms with Crippen LogP contribution in [0.25, 0.3) is 0 Å². The third kappa shape index (κ3) is 4.67. The van der Waals surface area contributed by atoms with Crippen LogP contribution in [-0.2, 0) is 22.5 Å². The van der Waals surface area contributed by atoms with Crippen molar-refractivity contribution in [1.82, 2.24) is 4.90 Å². The van der Waals surface area contributed by atoms with Gasteiger partial charge < -0.3 is 24.8 Å². The monoisotopic (exact) mass is 437 g/mol. The van der Waals surface area contributed by atoms with Crippen LogP contribution in [0.4, 0.5) is 4.39 Å². The average molecular weight is 437 g/mol. The lowest BCUT2D eigenvalue weighted by molar-refractivity contribution is -0.0172. The predicted octanol–water partition coefficient (Wildman–Crippen LogP) is 1.50. The lowest BCUT2D eigenvalue weighted by atomic mass is 10.1. The lowest BCUT2D eigenvalue weighted by Crippen LogP contribution is -2.44. The highest BCUT2D eigenvalue weighted by atomic mass is 127. The zero-order valence-corrected chi connectivity index (χ0v) is 15.1. The third-order valence-electron chi connectivity index (χ3n) is 3.74. The molecule has 2 aliphatic rings. The Morgan fingerprint density at radius 3 is 2.83 bits per heavy atom. The van der Waals surface area contributed by atoms with Gasteiger partial charge in [0, 0.05) is 25.2 Å². The minimum Gasteiger partial charge on any atom is -0.467 e. The Kier molecular flexibility index (Phi) is 6.85. The molecule has 2 aliphatic heterocycles. The van der Waals surface area contributed by atoms with E-state index in [1.165, 1.54) is 12.1 Å². The standard InChI is InChI=1S/C15H20FN3O3.HI/c16-13-7-11(14-12(8-13)9-21-10-22-14)1-2-18-15(17)19-3-5-20-6-4-19;/h7-8H,1-6,9-10H2,(H2,17,18);1H. The summed E-state index contributed by atoms with van der Waals surface area (Å²) in [6.45, 7) is 3.91. The molecule has 0 amide bonds. The number of hydrogen-bond acceptors (Lipinski definition) is 4. The van der Waals surface area contributed by atoms with Gasteiger partial charge in [-0.3, -0.25) is 4.99 Å². The van der Waals surface area contributed by atoms with Crippen molar-refractivity contribution in [3.8, 4) is 5.75 Å². The molecule has 23 heavy (non-hydrogen) atoms. The van der Waals surface area contributed by atoms with Crippen molar-refractivity contribution >= 4 is 29.9 Å². The summed E-state index contributed by atoms with van der Waals surface area (Å²) in [6.07, 6.45) is 0.575. The molecule has 0 atom stereocenters. The molecule has 1 saturated heterocycles. The molecule has 6 nitrogen and oxygen atoms in total. The minimum absolute atomic E-state index is 0. The first kappa shape index (κ1) is 18.2. The molecular weight excluding hydrogens is 416 g/mol. The number of fused-ring (bicyclic) bond motifs is 1. The van der Waals surface area contributed by atoms with Crippen molar-refractivity contribution in [3.05, 3.63) is 29.1 Å².